The van der Waals surface area contributed by atoms with Crippen LogP contribution in [0.2, 0.25) is 0 Å². The minimum Gasteiger partial charge on any atom is -0.462 e. The number of fused-ring (bicyclic) bond motifs is 1. The molecule has 250 valence electrons. The standard InChI is InChI=1S/C34H43NO11/c1-18-12-13-33(8,9)27(45-32(41)25-11-10-14-35-17-25)15-26(42-21(4)36)20(3)30(44-23(6)38)28-29(43-22(5)37)19(2)16-34(28,31(18)40)46-24(7)39/h10-14,17-19,26-30H,3,15-16H2,1-2,4-9H3/b13-12+/t18-,19+,26-,27-,28-,29+,30+,34-/m1/s1. The third kappa shape index (κ3) is 8.07. The molecular weight excluding hydrogens is 598 g/mol. The molecule has 2 aliphatic carbocycles. The lowest BCUT2D eigenvalue weighted by molar-refractivity contribution is -0.185. The Morgan fingerprint density at radius 3 is 2.09 bits per heavy atom. The number of ether oxygens (including phenoxy) is 5. The van der Waals surface area contributed by atoms with Gasteiger partial charge in [0.2, 0.25) is 0 Å². The van der Waals surface area contributed by atoms with E-state index in [1.165, 1.54) is 26.2 Å². The van der Waals surface area contributed by atoms with Gasteiger partial charge in [0.05, 0.1) is 11.5 Å². The summed E-state index contributed by atoms with van der Waals surface area (Å²) in [5.41, 5.74) is -2.68. The molecule has 0 aliphatic heterocycles. The molecule has 12 nitrogen and oxygen atoms in total. The summed E-state index contributed by atoms with van der Waals surface area (Å²) in [5.74, 6) is -6.82. The van der Waals surface area contributed by atoms with Crippen molar-refractivity contribution < 1.29 is 52.5 Å². The van der Waals surface area contributed by atoms with E-state index in [9.17, 15) is 28.8 Å². The van der Waals surface area contributed by atoms with Crippen molar-refractivity contribution in [2.45, 2.75) is 98.2 Å². The van der Waals surface area contributed by atoms with Crippen LogP contribution in [0.5, 0.6) is 0 Å². The summed E-state index contributed by atoms with van der Waals surface area (Å²) in [7, 11) is 0. The number of hydrogen-bond acceptors (Lipinski definition) is 12. The van der Waals surface area contributed by atoms with Crippen molar-refractivity contribution in [3.63, 3.8) is 0 Å². The number of esters is 5. The summed E-state index contributed by atoms with van der Waals surface area (Å²) in [6, 6.07) is 3.12. The summed E-state index contributed by atoms with van der Waals surface area (Å²) >= 11 is 0. The van der Waals surface area contributed by atoms with Crippen LogP contribution >= 0.6 is 0 Å². The predicted molar refractivity (Wildman–Crippen MR) is 163 cm³/mol. The van der Waals surface area contributed by atoms with Gasteiger partial charge in [-0.1, -0.05) is 46.4 Å². The van der Waals surface area contributed by atoms with Crippen molar-refractivity contribution in [2.75, 3.05) is 0 Å². The number of pyridine rings is 1. The summed E-state index contributed by atoms with van der Waals surface area (Å²) in [6.45, 7) is 15.8. The summed E-state index contributed by atoms with van der Waals surface area (Å²) < 4.78 is 29.2. The normalized spacial score (nSPS) is 31.6. The summed E-state index contributed by atoms with van der Waals surface area (Å²) in [4.78, 5) is 81.8. The van der Waals surface area contributed by atoms with Gasteiger partial charge in [-0.3, -0.25) is 29.0 Å². The Morgan fingerprint density at radius 2 is 1.54 bits per heavy atom. The molecule has 0 aromatic carbocycles. The van der Waals surface area contributed by atoms with Gasteiger partial charge in [-0.05, 0) is 18.1 Å². The minimum absolute atomic E-state index is 0.0152. The monoisotopic (exact) mass is 641 g/mol. The highest BCUT2D eigenvalue weighted by atomic mass is 16.6. The van der Waals surface area contributed by atoms with Crippen molar-refractivity contribution in [3.8, 4) is 0 Å². The van der Waals surface area contributed by atoms with Gasteiger partial charge in [0.15, 0.2) is 11.4 Å². The van der Waals surface area contributed by atoms with Gasteiger partial charge in [0, 0.05) is 69.8 Å². The zero-order valence-electron chi connectivity index (χ0n) is 27.6. The molecule has 12 heteroatoms. The first-order valence-corrected chi connectivity index (χ1v) is 15.1. The van der Waals surface area contributed by atoms with Crippen LogP contribution in [0.25, 0.3) is 0 Å². The number of nitrogens with zero attached hydrogens (tertiary/aromatic N) is 1. The number of hydrogen-bond donors (Lipinski definition) is 0. The molecule has 0 N–H and O–H groups in total. The van der Waals surface area contributed by atoms with Crippen molar-refractivity contribution in [1.29, 1.82) is 0 Å². The molecule has 8 atom stereocenters. The first-order valence-electron chi connectivity index (χ1n) is 15.1. The van der Waals surface area contributed by atoms with Gasteiger partial charge in [0.25, 0.3) is 0 Å². The second kappa shape index (κ2) is 14.4. The molecule has 0 spiro atoms. The third-order valence-corrected chi connectivity index (χ3v) is 8.46. The molecule has 0 saturated heterocycles. The van der Waals surface area contributed by atoms with E-state index in [1.807, 2.05) is 0 Å². The highest BCUT2D eigenvalue weighted by molar-refractivity contribution is 5.93. The Morgan fingerprint density at radius 1 is 0.913 bits per heavy atom. The topological polar surface area (TPSA) is 161 Å². The predicted octanol–water partition coefficient (Wildman–Crippen LogP) is 4.11. The first kappa shape index (κ1) is 36.1. The van der Waals surface area contributed by atoms with Crippen LogP contribution in [-0.4, -0.2) is 70.6 Å². The van der Waals surface area contributed by atoms with Crippen LogP contribution < -0.4 is 0 Å². The molecule has 2 aliphatic rings. The number of ketones is 1. The number of allylic oxidation sites excluding steroid dienone is 1. The molecule has 1 heterocycles. The fourth-order valence-electron chi connectivity index (χ4n) is 6.40. The number of rotatable bonds is 6. The molecule has 1 saturated carbocycles. The lowest BCUT2D eigenvalue weighted by Crippen LogP contribution is -2.57. The highest BCUT2D eigenvalue weighted by Crippen LogP contribution is 2.51. The maximum atomic E-state index is 14.5. The zero-order chi connectivity index (χ0) is 34.6. The second-order valence-electron chi connectivity index (χ2n) is 12.7. The molecule has 0 unspecified atom stereocenters. The quantitative estimate of drug-likeness (QED) is 0.249. The molecule has 1 fully saturated rings. The van der Waals surface area contributed by atoms with E-state index in [1.54, 1.807) is 52.0 Å². The van der Waals surface area contributed by atoms with E-state index in [4.69, 9.17) is 23.7 Å². The number of Topliss-reactive ketones (excluding diaryl/α,β-unsaturated/α-hetero) is 1. The van der Waals surface area contributed by atoms with Gasteiger partial charge in [0.1, 0.15) is 24.4 Å². The summed E-state index contributed by atoms with van der Waals surface area (Å²) in [5, 5.41) is 0. The molecule has 0 bridgehead atoms. The van der Waals surface area contributed by atoms with Gasteiger partial charge in [-0.15, -0.1) is 0 Å². The molecule has 3 rings (SSSR count). The lowest BCUT2D eigenvalue weighted by atomic mass is 9.72. The SMILES string of the molecule is C=C1[C@H](OC(C)=O)C[C@@H](OC(=O)c2cccnc2)C(C)(C)/C=C/[C@@H](C)C(=O)[C@@]2(OC(C)=O)C[C@H](C)[C@H](OC(C)=O)[C@@H]2[C@H]1OC(C)=O. The van der Waals surface area contributed by atoms with E-state index in [0.29, 0.717) is 0 Å². The molecule has 46 heavy (non-hydrogen) atoms. The van der Waals surface area contributed by atoms with E-state index >= 15 is 0 Å². The van der Waals surface area contributed by atoms with Crippen LogP contribution in [0.4, 0.5) is 0 Å². The molecule has 0 amide bonds. The van der Waals surface area contributed by atoms with Crippen LogP contribution in [-0.2, 0) is 47.7 Å². The van der Waals surface area contributed by atoms with Crippen molar-refractivity contribution in [2.24, 2.45) is 23.2 Å². The van der Waals surface area contributed by atoms with Crippen LogP contribution in [0.3, 0.4) is 0 Å². The average Bonchev–Trinajstić information content (AvgIpc) is 3.22. The van der Waals surface area contributed by atoms with Crippen molar-refractivity contribution >= 4 is 35.6 Å². The lowest BCUT2D eigenvalue weighted by Gasteiger charge is -2.42. The largest absolute Gasteiger partial charge is 0.462 e. The van der Waals surface area contributed by atoms with Crippen molar-refractivity contribution in [1.82, 2.24) is 4.98 Å². The van der Waals surface area contributed by atoms with E-state index in [0.717, 1.165) is 13.8 Å². The number of carbonyl (C=O) groups excluding carboxylic acids is 6. The average molecular weight is 642 g/mol. The summed E-state index contributed by atoms with van der Waals surface area (Å²) in [6.07, 6.45) is 1.28. The fourth-order valence-corrected chi connectivity index (χ4v) is 6.40. The maximum absolute atomic E-state index is 14.5. The highest BCUT2D eigenvalue weighted by Gasteiger charge is 2.65. The number of carbonyl (C=O) groups is 6. The third-order valence-electron chi connectivity index (χ3n) is 8.46. The van der Waals surface area contributed by atoms with Crippen LogP contribution in [0, 0.1) is 23.2 Å². The van der Waals surface area contributed by atoms with Gasteiger partial charge >= 0.3 is 29.8 Å². The fraction of sp³-hybridized carbons (Fsp3) is 0.559. The molecule has 0 radical (unpaired) electrons. The van der Waals surface area contributed by atoms with Gasteiger partial charge in [-0.2, -0.15) is 0 Å². The van der Waals surface area contributed by atoms with Crippen LogP contribution in [0.1, 0.15) is 78.6 Å². The van der Waals surface area contributed by atoms with Gasteiger partial charge in [-0.25, -0.2) is 4.79 Å². The van der Waals surface area contributed by atoms with Crippen molar-refractivity contribution in [3.05, 3.63) is 54.4 Å². The van der Waals surface area contributed by atoms with E-state index < -0.39 is 88.8 Å². The Balaban J connectivity index is 2.31. The Hall–Kier alpha value is -4.35. The smallest absolute Gasteiger partial charge is 0.340 e. The minimum atomic E-state index is -1.92. The van der Waals surface area contributed by atoms with E-state index in [2.05, 4.69) is 11.6 Å². The molecule has 1 aromatic rings. The maximum Gasteiger partial charge on any atom is 0.340 e. The Kier molecular flexibility index (Phi) is 11.3. The molecule has 1 aromatic heterocycles. The Labute approximate surface area is 268 Å². The zero-order valence-corrected chi connectivity index (χ0v) is 27.6. The van der Waals surface area contributed by atoms with E-state index in [-0.39, 0.29) is 24.0 Å². The van der Waals surface area contributed by atoms with Crippen LogP contribution in [0.15, 0.2) is 48.8 Å². The number of aromatic nitrogens is 1. The van der Waals surface area contributed by atoms with Gasteiger partial charge < -0.3 is 23.7 Å². The molecular formula is C34H43NO11. The second-order valence-corrected chi connectivity index (χ2v) is 12.7. The first-order chi connectivity index (χ1) is 21.4. The Bertz CT molecular complexity index is 1400.